The summed E-state index contributed by atoms with van der Waals surface area (Å²) >= 11 is 0. The standard InChI is InChI=1S/C41H28F3N3O/c42-41(43,44)27-23-21-26(22-24-27)38-45-37(25-11-2-1-3-12-25)46-39(47-38)29-14-10-18-33-36(29)28-13-4-5-15-30(28)40(33)31-16-6-8-19-34(31)48-35-20-9-7-17-32(35)40/h1-24,37-38,45H,(H,46,47). The predicted octanol–water partition coefficient (Wildman–Crippen LogP) is 9.51. The number of benzene rings is 6. The van der Waals surface area contributed by atoms with Crippen LogP contribution in [0.5, 0.6) is 11.5 Å². The summed E-state index contributed by atoms with van der Waals surface area (Å²) in [6.07, 6.45) is -5.36. The number of alkyl halides is 3. The lowest BCUT2D eigenvalue weighted by molar-refractivity contribution is -0.137. The highest BCUT2D eigenvalue weighted by Gasteiger charge is 2.51. The van der Waals surface area contributed by atoms with Crippen LogP contribution in [0.25, 0.3) is 11.1 Å². The first-order chi connectivity index (χ1) is 23.4. The maximum atomic E-state index is 13.5. The maximum Gasteiger partial charge on any atom is 0.416 e. The molecule has 2 unspecified atom stereocenters. The van der Waals surface area contributed by atoms with Crippen molar-refractivity contribution in [3.05, 3.63) is 190 Å². The van der Waals surface area contributed by atoms with Crippen molar-refractivity contribution in [1.82, 2.24) is 10.6 Å². The number of aliphatic imine (C=N–C) groups is 1. The van der Waals surface area contributed by atoms with E-state index in [0.29, 0.717) is 11.4 Å². The van der Waals surface area contributed by atoms with Gasteiger partial charge in [-0.15, -0.1) is 0 Å². The number of fused-ring (bicyclic) bond motifs is 9. The molecule has 6 aromatic carbocycles. The molecule has 1 spiro atoms. The number of nitrogens with one attached hydrogen (secondary N) is 2. The first-order valence-electron chi connectivity index (χ1n) is 15.9. The summed E-state index contributed by atoms with van der Waals surface area (Å²) in [5.74, 6) is 2.28. The highest BCUT2D eigenvalue weighted by molar-refractivity contribution is 6.08. The second-order valence-electron chi connectivity index (χ2n) is 12.3. The summed E-state index contributed by atoms with van der Waals surface area (Å²) in [5.41, 5.74) is 7.79. The van der Waals surface area contributed by atoms with Gasteiger partial charge in [0.1, 0.15) is 29.7 Å². The van der Waals surface area contributed by atoms with E-state index in [1.54, 1.807) is 0 Å². The molecule has 7 heteroatoms. The molecule has 2 atom stereocenters. The summed E-state index contributed by atoms with van der Waals surface area (Å²) in [4.78, 5) is 5.22. The van der Waals surface area contributed by atoms with Gasteiger partial charge in [0.05, 0.1) is 11.0 Å². The average Bonchev–Trinajstić information content (AvgIpc) is 3.42. The van der Waals surface area contributed by atoms with Crippen LogP contribution in [0.1, 0.15) is 56.8 Å². The van der Waals surface area contributed by atoms with Gasteiger partial charge in [-0.05, 0) is 57.6 Å². The van der Waals surface area contributed by atoms with Crippen molar-refractivity contribution in [1.29, 1.82) is 0 Å². The van der Waals surface area contributed by atoms with Gasteiger partial charge in [0.25, 0.3) is 0 Å². The first kappa shape index (κ1) is 28.6. The van der Waals surface area contributed by atoms with Gasteiger partial charge in [0, 0.05) is 16.7 Å². The maximum absolute atomic E-state index is 13.5. The third kappa shape index (κ3) is 4.24. The number of halogens is 3. The van der Waals surface area contributed by atoms with E-state index in [2.05, 4.69) is 77.4 Å². The molecule has 4 nitrogen and oxygen atoms in total. The van der Waals surface area contributed by atoms with Gasteiger partial charge >= 0.3 is 6.18 Å². The van der Waals surface area contributed by atoms with E-state index in [-0.39, 0.29) is 0 Å². The molecule has 0 fully saturated rings. The van der Waals surface area contributed by atoms with Gasteiger partial charge < -0.3 is 10.1 Å². The van der Waals surface area contributed by atoms with Crippen LogP contribution in [0, 0.1) is 0 Å². The van der Waals surface area contributed by atoms with Crippen LogP contribution in [0.15, 0.2) is 151 Å². The van der Waals surface area contributed by atoms with Crippen molar-refractivity contribution >= 4 is 5.84 Å². The smallest absolute Gasteiger partial charge is 0.416 e. The van der Waals surface area contributed by atoms with Gasteiger partial charge in [0.2, 0.25) is 0 Å². The van der Waals surface area contributed by atoms with E-state index < -0.39 is 29.5 Å². The quantitative estimate of drug-likeness (QED) is 0.203. The van der Waals surface area contributed by atoms with Crippen LogP contribution < -0.4 is 15.4 Å². The van der Waals surface area contributed by atoms with E-state index in [9.17, 15) is 13.2 Å². The molecule has 2 heterocycles. The number of hydrogen-bond acceptors (Lipinski definition) is 4. The Morgan fingerprint density at radius 2 is 1.15 bits per heavy atom. The summed E-state index contributed by atoms with van der Waals surface area (Å²) in [6, 6.07) is 46.5. The Labute approximate surface area is 275 Å². The molecule has 48 heavy (non-hydrogen) atoms. The molecular formula is C41H28F3N3O. The van der Waals surface area contributed by atoms with Gasteiger partial charge in [-0.2, -0.15) is 13.2 Å². The molecule has 0 bridgehead atoms. The molecule has 0 saturated heterocycles. The van der Waals surface area contributed by atoms with Crippen LogP contribution >= 0.6 is 0 Å². The highest BCUT2D eigenvalue weighted by atomic mass is 19.4. The lowest BCUT2D eigenvalue weighted by Gasteiger charge is -2.39. The second kappa shape index (κ2) is 10.7. The van der Waals surface area contributed by atoms with Crippen LogP contribution in [0.3, 0.4) is 0 Å². The van der Waals surface area contributed by atoms with Crippen molar-refractivity contribution in [2.45, 2.75) is 23.9 Å². The van der Waals surface area contributed by atoms with Gasteiger partial charge in [-0.25, -0.2) is 4.99 Å². The molecule has 0 amide bonds. The zero-order valence-electron chi connectivity index (χ0n) is 25.5. The molecule has 2 N–H and O–H groups in total. The molecule has 9 rings (SSSR count). The third-order valence-corrected chi connectivity index (χ3v) is 9.68. The zero-order valence-corrected chi connectivity index (χ0v) is 25.5. The minimum absolute atomic E-state index is 0.444. The minimum atomic E-state index is -4.42. The van der Waals surface area contributed by atoms with Crippen LogP contribution in [0.4, 0.5) is 13.2 Å². The molecule has 234 valence electrons. The van der Waals surface area contributed by atoms with Crippen LogP contribution in [-0.4, -0.2) is 5.84 Å². The highest BCUT2D eigenvalue weighted by Crippen LogP contribution is 2.62. The fraction of sp³-hybridized carbons (Fsp3) is 0.0976. The van der Waals surface area contributed by atoms with Crippen molar-refractivity contribution in [3.63, 3.8) is 0 Å². The molecular weight excluding hydrogens is 607 g/mol. The fourth-order valence-corrected chi connectivity index (χ4v) is 7.64. The number of amidine groups is 1. The van der Waals surface area contributed by atoms with Crippen molar-refractivity contribution in [2.75, 3.05) is 0 Å². The summed E-state index contributed by atoms with van der Waals surface area (Å²) in [7, 11) is 0. The Kier molecular flexibility index (Phi) is 6.36. The molecule has 6 aromatic rings. The second-order valence-corrected chi connectivity index (χ2v) is 12.3. The normalized spacial score (nSPS) is 18.4. The zero-order chi connectivity index (χ0) is 32.5. The van der Waals surface area contributed by atoms with E-state index in [1.165, 1.54) is 12.1 Å². The van der Waals surface area contributed by atoms with E-state index in [0.717, 1.165) is 68.1 Å². The Balaban J connectivity index is 1.26. The Hall–Kier alpha value is -5.66. The summed E-state index contributed by atoms with van der Waals surface area (Å²) in [5, 5.41) is 7.08. The average molecular weight is 636 g/mol. The van der Waals surface area contributed by atoms with Gasteiger partial charge in [0.15, 0.2) is 0 Å². The largest absolute Gasteiger partial charge is 0.457 e. The van der Waals surface area contributed by atoms with Crippen LogP contribution in [0.2, 0.25) is 0 Å². The number of para-hydroxylation sites is 2. The Bertz CT molecular complexity index is 2180. The lowest BCUT2D eigenvalue weighted by atomic mass is 9.66. The van der Waals surface area contributed by atoms with E-state index >= 15 is 0 Å². The molecule has 0 radical (unpaired) electrons. The molecule has 3 aliphatic rings. The van der Waals surface area contributed by atoms with Crippen LogP contribution in [-0.2, 0) is 11.6 Å². The van der Waals surface area contributed by atoms with Crippen molar-refractivity contribution < 1.29 is 17.9 Å². The van der Waals surface area contributed by atoms with Crippen molar-refractivity contribution in [3.8, 4) is 22.6 Å². The summed E-state index contributed by atoms with van der Waals surface area (Å²) in [6.45, 7) is 0. The third-order valence-electron chi connectivity index (χ3n) is 9.68. The monoisotopic (exact) mass is 635 g/mol. The number of rotatable bonds is 3. The topological polar surface area (TPSA) is 45.6 Å². The van der Waals surface area contributed by atoms with Gasteiger partial charge in [-0.1, -0.05) is 121 Å². The fourth-order valence-electron chi connectivity index (χ4n) is 7.64. The van der Waals surface area contributed by atoms with E-state index in [1.807, 2.05) is 54.6 Å². The number of nitrogens with zero attached hydrogens (tertiary/aromatic N) is 1. The van der Waals surface area contributed by atoms with Gasteiger partial charge in [-0.3, -0.25) is 5.32 Å². The number of ether oxygens (including phenoxy) is 1. The summed E-state index contributed by atoms with van der Waals surface area (Å²) < 4.78 is 46.8. The minimum Gasteiger partial charge on any atom is -0.457 e. The Morgan fingerprint density at radius 3 is 1.83 bits per heavy atom. The predicted molar refractivity (Wildman–Crippen MR) is 180 cm³/mol. The molecule has 0 saturated carbocycles. The number of hydrogen-bond donors (Lipinski definition) is 2. The SMILES string of the molecule is FC(F)(F)c1ccc(C2NC(c3cccc4c3-c3ccccc3C43c4ccccc4Oc4ccccc43)=NC(c3ccccc3)N2)cc1. The molecule has 2 aliphatic heterocycles. The van der Waals surface area contributed by atoms with Crippen molar-refractivity contribution in [2.24, 2.45) is 4.99 Å². The Morgan fingerprint density at radius 1 is 0.562 bits per heavy atom. The lowest BCUT2D eigenvalue weighted by Crippen LogP contribution is -2.45. The van der Waals surface area contributed by atoms with E-state index in [4.69, 9.17) is 9.73 Å². The molecule has 0 aromatic heterocycles. The molecule has 1 aliphatic carbocycles. The first-order valence-corrected chi connectivity index (χ1v) is 15.9.